The monoisotopic (exact) mass is 324 g/mol. The molecule has 1 heterocycles. The van der Waals surface area contributed by atoms with Crippen molar-refractivity contribution in [2.24, 2.45) is 0 Å². The van der Waals surface area contributed by atoms with E-state index >= 15 is 0 Å². The average Bonchev–Trinajstić information content (AvgIpc) is 2.90. The molecular formula is C18H16N2O4. The number of nitrogens with zero attached hydrogens (tertiary/aromatic N) is 1. The van der Waals surface area contributed by atoms with Crippen LogP contribution in [0.25, 0.3) is 11.1 Å². The lowest BCUT2D eigenvalue weighted by molar-refractivity contribution is -0.118. The van der Waals surface area contributed by atoms with Gasteiger partial charge >= 0.3 is 5.76 Å². The molecule has 122 valence electrons. The van der Waals surface area contributed by atoms with Crippen LogP contribution >= 0.6 is 0 Å². The third kappa shape index (κ3) is 2.86. The average molecular weight is 324 g/mol. The maximum Gasteiger partial charge on any atom is 0.420 e. The lowest BCUT2D eigenvalue weighted by atomic mass is 10.1. The fourth-order valence-electron chi connectivity index (χ4n) is 2.53. The number of aromatic nitrogens is 1. The van der Waals surface area contributed by atoms with E-state index in [4.69, 9.17) is 4.42 Å². The Bertz CT molecular complexity index is 984. The zero-order valence-corrected chi connectivity index (χ0v) is 13.3. The molecule has 0 saturated carbocycles. The summed E-state index contributed by atoms with van der Waals surface area (Å²) in [5, 5.41) is 2.72. The van der Waals surface area contributed by atoms with E-state index in [2.05, 4.69) is 5.32 Å². The number of oxazole rings is 1. The van der Waals surface area contributed by atoms with E-state index in [-0.39, 0.29) is 11.7 Å². The van der Waals surface area contributed by atoms with Gasteiger partial charge in [-0.1, -0.05) is 24.3 Å². The molecule has 0 bridgehead atoms. The van der Waals surface area contributed by atoms with Crippen molar-refractivity contribution in [2.75, 3.05) is 5.32 Å². The summed E-state index contributed by atoms with van der Waals surface area (Å²) in [5.74, 6) is -1.04. The number of nitrogens with one attached hydrogen (secondary N) is 1. The van der Waals surface area contributed by atoms with Crippen molar-refractivity contribution in [1.82, 2.24) is 4.57 Å². The van der Waals surface area contributed by atoms with Gasteiger partial charge in [0, 0.05) is 11.3 Å². The summed E-state index contributed by atoms with van der Waals surface area (Å²) in [6.07, 6.45) is 0. The normalized spacial score (nSPS) is 12.1. The Labute approximate surface area is 137 Å². The van der Waals surface area contributed by atoms with Crippen LogP contribution in [0.15, 0.2) is 57.7 Å². The van der Waals surface area contributed by atoms with E-state index in [1.807, 2.05) is 0 Å². The molecule has 1 unspecified atom stereocenters. The third-order valence-corrected chi connectivity index (χ3v) is 3.82. The molecule has 3 aromatic rings. The fraction of sp³-hybridized carbons (Fsp3) is 0.167. The predicted molar refractivity (Wildman–Crippen MR) is 90.3 cm³/mol. The summed E-state index contributed by atoms with van der Waals surface area (Å²) in [6, 6.07) is 12.8. The standard InChI is InChI=1S/C18H16N2O4/c1-11(20-15-8-3-4-9-16(15)24-18(20)23)17(22)19-14-7-5-6-13(10-14)12(2)21/h3-11H,1-2H3,(H,19,22). The van der Waals surface area contributed by atoms with Crippen molar-refractivity contribution in [2.45, 2.75) is 19.9 Å². The van der Waals surface area contributed by atoms with E-state index in [0.717, 1.165) is 0 Å². The number of Topliss-reactive ketones (excluding diaryl/α,β-unsaturated/α-hetero) is 1. The van der Waals surface area contributed by atoms with Gasteiger partial charge in [-0.3, -0.25) is 14.2 Å². The van der Waals surface area contributed by atoms with Crippen LogP contribution in [0.1, 0.15) is 30.2 Å². The molecule has 24 heavy (non-hydrogen) atoms. The lowest BCUT2D eigenvalue weighted by Gasteiger charge is -2.13. The van der Waals surface area contributed by atoms with Crippen molar-refractivity contribution in [3.05, 3.63) is 64.6 Å². The zero-order chi connectivity index (χ0) is 17.3. The van der Waals surface area contributed by atoms with Crippen LogP contribution in [0.3, 0.4) is 0 Å². The number of hydrogen-bond donors (Lipinski definition) is 1. The molecule has 0 fully saturated rings. The summed E-state index contributed by atoms with van der Waals surface area (Å²) in [6.45, 7) is 3.08. The van der Waals surface area contributed by atoms with E-state index < -0.39 is 11.8 Å². The van der Waals surface area contributed by atoms with E-state index in [1.165, 1.54) is 11.5 Å². The molecule has 0 aliphatic carbocycles. The van der Waals surface area contributed by atoms with Crippen LogP contribution in [0.5, 0.6) is 0 Å². The van der Waals surface area contributed by atoms with Crippen LogP contribution in [-0.2, 0) is 4.79 Å². The highest BCUT2D eigenvalue weighted by Gasteiger charge is 2.21. The predicted octanol–water partition coefficient (Wildman–Crippen LogP) is 3.00. The van der Waals surface area contributed by atoms with Crippen LogP contribution in [0.2, 0.25) is 0 Å². The van der Waals surface area contributed by atoms with Gasteiger partial charge in [-0.2, -0.15) is 0 Å². The molecule has 2 aromatic carbocycles. The molecular weight excluding hydrogens is 308 g/mol. The number of amides is 1. The molecule has 1 N–H and O–H groups in total. The number of anilines is 1. The first kappa shape index (κ1) is 15.7. The largest absolute Gasteiger partial charge is 0.420 e. The Kier molecular flexibility index (Phi) is 4.04. The molecule has 1 amide bonds. The Morgan fingerprint density at radius 1 is 1.12 bits per heavy atom. The first-order valence-electron chi connectivity index (χ1n) is 7.49. The highest BCUT2D eigenvalue weighted by atomic mass is 16.4. The van der Waals surface area contributed by atoms with Crippen LogP contribution in [-0.4, -0.2) is 16.3 Å². The first-order valence-corrected chi connectivity index (χ1v) is 7.49. The maximum absolute atomic E-state index is 12.5. The smallest absolute Gasteiger partial charge is 0.408 e. The van der Waals surface area contributed by atoms with Gasteiger partial charge < -0.3 is 9.73 Å². The molecule has 1 atom stereocenters. The van der Waals surface area contributed by atoms with Gasteiger partial charge in [-0.15, -0.1) is 0 Å². The molecule has 1 aromatic heterocycles. The summed E-state index contributed by atoms with van der Waals surface area (Å²) < 4.78 is 6.46. The topological polar surface area (TPSA) is 81.3 Å². The number of ketones is 1. The molecule has 6 heteroatoms. The molecule has 3 rings (SSSR count). The summed E-state index contributed by atoms with van der Waals surface area (Å²) in [4.78, 5) is 36.0. The molecule has 0 spiro atoms. The number of benzene rings is 2. The van der Waals surface area contributed by atoms with Gasteiger partial charge in [0.25, 0.3) is 0 Å². The van der Waals surface area contributed by atoms with E-state index in [9.17, 15) is 14.4 Å². The van der Waals surface area contributed by atoms with Crippen LogP contribution < -0.4 is 11.1 Å². The number of rotatable bonds is 4. The van der Waals surface area contributed by atoms with Crippen LogP contribution in [0, 0.1) is 0 Å². The minimum atomic E-state index is -0.762. The Hall–Kier alpha value is -3.15. The van der Waals surface area contributed by atoms with E-state index in [0.29, 0.717) is 22.4 Å². The Morgan fingerprint density at radius 2 is 1.88 bits per heavy atom. The van der Waals surface area contributed by atoms with Gasteiger partial charge in [0.05, 0.1) is 5.52 Å². The second-order valence-corrected chi connectivity index (χ2v) is 5.51. The molecule has 6 nitrogen and oxygen atoms in total. The molecule has 0 saturated heterocycles. The van der Waals surface area contributed by atoms with Gasteiger partial charge in [0.2, 0.25) is 5.91 Å². The third-order valence-electron chi connectivity index (χ3n) is 3.82. The molecule has 0 radical (unpaired) electrons. The number of fused-ring (bicyclic) bond motifs is 1. The molecule has 0 aliphatic rings. The minimum Gasteiger partial charge on any atom is -0.408 e. The lowest BCUT2D eigenvalue weighted by Crippen LogP contribution is -2.29. The Balaban J connectivity index is 1.89. The maximum atomic E-state index is 12.5. The summed E-state index contributed by atoms with van der Waals surface area (Å²) >= 11 is 0. The number of para-hydroxylation sites is 2. The fourth-order valence-corrected chi connectivity index (χ4v) is 2.53. The van der Waals surface area contributed by atoms with Crippen LogP contribution in [0.4, 0.5) is 5.69 Å². The van der Waals surface area contributed by atoms with Crippen molar-refractivity contribution in [1.29, 1.82) is 0 Å². The van der Waals surface area contributed by atoms with Crippen molar-refractivity contribution < 1.29 is 14.0 Å². The number of carbonyl (C=O) groups is 2. The highest BCUT2D eigenvalue weighted by molar-refractivity contribution is 5.98. The summed E-state index contributed by atoms with van der Waals surface area (Å²) in [7, 11) is 0. The van der Waals surface area contributed by atoms with Crippen molar-refractivity contribution >= 4 is 28.5 Å². The quantitative estimate of drug-likeness (QED) is 0.748. The Morgan fingerprint density at radius 3 is 2.62 bits per heavy atom. The van der Waals surface area contributed by atoms with Gasteiger partial charge in [0.15, 0.2) is 11.4 Å². The SMILES string of the molecule is CC(=O)c1cccc(NC(=O)C(C)n2c(=O)oc3ccccc32)c1. The molecule has 0 aliphatic heterocycles. The van der Waals surface area contributed by atoms with Crippen molar-refractivity contribution in [3.8, 4) is 0 Å². The zero-order valence-electron chi connectivity index (χ0n) is 13.3. The van der Waals surface area contributed by atoms with Crippen molar-refractivity contribution in [3.63, 3.8) is 0 Å². The first-order chi connectivity index (χ1) is 11.5. The van der Waals surface area contributed by atoms with Gasteiger partial charge in [-0.25, -0.2) is 4.79 Å². The minimum absolute atomic E-state index is 0.0869. The number of carbonyl (C=O) groups excluding carboxylic acids is 2. The summed E-state index contributed by atoms with van der Waals surface area (Å²) in [5.41, 5.74) is 2.00. The second kappa shape index (κ2) is 6.16. The van der Waals surface area contributed by atoms with Gasteiger partial charge in [0.1, 0.15) is 6.04 Å². The highest BCUT2D eigenvalue weighted by Crippen LogP contribution is 2.18. The van der Waals surface area contributed by atoms with E-state index in [1.54, 1.807) is 55.5 Å². The second-order valence-electron chi connectivity index (χ2n) is 5.51. The number of hydrogen-bond acceptors (Lipinski definition) is 4. The van der Waals surface area contributed by atoms with Gasteiger partial charge in [-0.05, 0) is 38.1 Å².